The van der Waals surface area contributed by atoms with Crippen molar-refractivity contribution in [3.05, 3.63) is 57.4 Å². The fraction of sp³-hybridized carbons (Fsp3) is 0.133. The molecule has 0 saturated heterocycles. The van der Waals surface area contributed by atoms with Gasteiger partial charge in [0.25, 0.3) is 0 Å². The van der Waals surface area contributed by atoms with Gasteiger partial charge in [-0.1, -0.05) is 6.07 Å². The Morgan fingerprint density at radius 2 is 1.95 bits per heavy atom. The summed E-state index contributed by atoms with van der Waals surface area (Å²) in [6.45, 7) is 0. The molecule has 5 heteroatoms. The lowest BCUT2D eigenvalue weighted by Gasteiger charge is -2.07. The van der Waals surface area contributed by atoms with Gasteiger partial charge in [0.15, 0.2) is 11.6 Å². The average molecular weight is 385 g/mol. The fourth-order valence-electron chi connectivity index (χ4n) is 1.74. The maximum absolute atomic E-state index is 13.5. The Balaban J connectivity index is 2.01. The summed E-state index contributed by atoms with van der Waals surface area (Å²) in [4.78, 5) is 11.9. The van der Waals surface area contributed by atoms with Gasteiger partial charge in [0, 0.05) is 9.26 Å². The molecule has 1 amide bonds. The molecule has 104 valence electrons. The average Bonchev–Trinajstić information content (AvgIpc) is 2.41. The molecule has 0 radical (unpaired) electrons. The highest BCUT2D eigenvalue weighted by Crippen LogP contribution is 2.18. The topological polar surface area (TPSA) is 38.3 Å². The fourth-order valence-corrected chi connectivity index (χ4v) is 2.10. The van der Waals surface area contributed by atoms with Crippen LogP contribution in [-0.2, 0) is 11.2 Å². The molecule has 2 rings (SSSR count). The number of ether oxygens (including phenoxy) is 1. The third-order valence-corrected chi connectivity index (χ3v) is 3.43. The number of nitrogens with one attached hydrogen (secondary N) is 1. The number of carbonyl (C=O) groups is 1. The third kappa shape index (κ3) is 3.93. The summed E-state index contributed by atoms with van der Waals surface area (Å²) >= 11 is 2.19. The highest BCUT2D eigenvalue weighted by atomic mass is 127. The van der Waals surface area contributed by atoms with Crippen LogP contribution in [0.15, 0.2) is 42.5 Å². The molecule has 2 aromatic rings. The number of anilines is 1. The predicted molar refractivity (Wildman–Crippen MR) is 84.4 cm³/mol. The van der Waals surface area contributed by atoms with Gasteiger partial charge in [-0.25, -0.2) is 4.39 Å². The Morgan fingerprint density at radius 1 is 1.25 bits per heavy atom. The number of hydrogen-bond acceptors (Lipinski definition) is 2. The second-order valence-electron chi connectivity index (χ2n) is 4.20. The summed E-state index contributed by atoms with van der Waals surface area (Å²) in [7, 11) is 1.40. The van der Waals surface area contributed by atoms with E-state index < -0.39 is 5.82 Å². The van der Waals surface area contributed by atoms with Crippen LogP contribution in [-0.4, -0.2) is 13.0 Å². The summed E-state index contributed by atoms with van der Waals surface area (Å²) in [5.41, 5.74) is 1.33. The van der Waals surface area contributed by atoms with E-state index in [1.165, 1.54) is 19.2 Å². The molecule has 20 heavy (non-hydrogen) atoms. The minimum Gasteiger partial charge on any atom is -0.494 e. The molecule has 0 aliphatic carbocycles. The quantitative estimate of drug-likeness (QED) is 0.817. The molecule has 1 N–H and O–H groups in total. The van der Waals surface area contributed by atoms with Crippen LogP contribution in [0.1, 0.15) is 5.56 Å². The molecule has 0 fully saturated rings. The van der Waals surface area contributed by atoms with Gasteiger partial charge in [-0.05, 0) is 64.6 Å². The Hall–Kier alpha value is -1.63. The second kappa shape index (κ2) is 6.69. The number of amides is 1. The summed E-state index contributed by atoms with van der Waals surface area (Å²) < 4.78 is 19.4. The zero-order valence-electron chi connectivity index (χ0n) is 10.8. The molecule has 2 aromatic carbocycles. The van der Waals surface area contributed by atoms with Crippen LogP contribution < -0.4 is 10.1 Å². The molecule has 0 unspecified atom stereocenters. The van der Waals surface area contributed by atoms with Crippen molar-refractivity contribution < 1.29 is 13.9 Å². The molecule has 0 bridgehead atoms. The van der Waals surface area contributed by atoms with E-state index in [4.69, 9.17) is 4.74 Å². The largest absolute Gasteiger partial charge is 0.494 e. The first kappa shape index (κ1) is 14.8. The van der Waals surface area contributed by atoms with Crippen molar-refractivity contribution in [1.29, 1.82) is 0 Å². The lowest BCUT2D eigenvalue weighted by molar-refractivity contribution is -0.115. The van der Waals surface area contributed by atoms with Gasteiger partial charge < -0.3 is 10.1 Å². The normalized spacial score (nSPS) is 10.2. The van der Waals surface area contributed by atoms with E-state index in [9.17, 15) is 9.18 Å². The van der Waals surface area contributed by atoms with Crippen LogP contribution in [0.3, 0.4) is 0 Å². The molecule has 0 heterocycles. The maximum Gasteiger partial charge on any atom is 0.228 e. The SMILES string of the molecule is COc1ccc(CC(=O)Nc2ccc(I)cc2)cc1F. The number of halogens is 2. The number of hydrogen-bond donors (Lipinski definition) is 1. The van der Waals surface area contributed by atoms with Gasteiger partial charge in [-0.3, -0.25) is 4.79 Å². The molecule has 0 atom stereocenters. The zero-order chi connectivity index (χ0) is 14.5. The van der Waals surface area contributed by atoms with Crippen molar-refractivity contribution in [2.45, 2.75) is 6.42 Å². The van der Waals surface area contributed by atoms with E-state index >= 15 is 0 Å². The Kier molecular flexibility index (Phi) is 4.94. The summed E-state index contributed by atoms with van der Waals surface area (Å²) in [5.74, 6) is -0.477. The summed E-state index contributed by atoms with van der Waals surface area (Å²) in [6, 6.07) is 12.0. The molecule has 0 aliphatic rings. The first-order chi connectivity index (χ1) is 9.58. The van der Waals surface area contributed by atoms with Gasteiger partial charge in [0.05, 0.1) is 13.5 Å². The number of rotatable bonds is 4. The van der Waals surface area contributed by atoms with Crippen molar-refractivity contribution in [1.82, 2.24) is 0 Å². The minimum absolute atomic E-state index is 0.118. The van der Waals surface area contributed by atoms with E-state index in [-0.39, 0.29) is 18.1 Å². The van der Waals surface area contributed by atoms with Gasteiger partial charge in [-0.15, -0.1) is 0 Å². The molecule has 0 aliphatic heterocycles. The van der Waals surface area contributed by atoms with E-state index in [0.717, 1.165) is 9.26 Å². The molecule has 3 nitrogen and oxygen atoms in total. The van der Waals surface area contributed by atoms with Crippen molar-refractivity contribution in [2.24, 2.45) is 0 Å². The molecule has 0 aromatic heterocycles. The number of methoxy groups -OCH3 is 1. The number of benzene rings is 2. The van der Waals surface area contributed by atoms with Crippen LogP contribution in [0, 0.1) is 9.39 Å². The molecule has 0 saturated carbocycles. The van der Waals surface area contributed by atoms with Crippen LogP contribution in [0.4, 0.5) is 10.1 Å². The maximum atomic E-state index is 13.5. The Morgan fingerprint density at radius 3 is 2.55 bits per heavy atom. The lowest BCUT2D eigenvalue weighted by Crippen LogP contribution is -2.14. The monoisotopic (exact) mass is 385 g/mol. The summed E-state index contributed by atoms with van der Waals surface area (Å²) in [6.07, 6.45) is 0.118. The Bertz CT molecular complexity index is 614. The van der Waals surface area contributed by atoms with Crippen LogP contribution >= 0.6 is 22.6 Å². The number of carbonyl (C=O) groups excluding carboxylic acids is 1. The van der Waals surface area contributed by atoms with Crippen LogP contribution in [0.25, 0.3) is 0 Å². The van der Waals surface area contributed by atoms with Gasteiger partial charge in [-0.2, -0.15) is 0 Å². The zero-order valence-corrected chi connectivity index (χ0v) is 13.0. The Labute approximate surface area is 130 Å². The van der Waals surface area contributed by atoms with Crippen molar-refractivity contribution >= 4 is 34.2 Å². The molecular formula is C15H13FINO2. The third-order valence-electron chi connectivity index (χ3n) is 2.71. The molecular weight excluding hydrogens is 372 g/mol. The first-order valence-electron chi connectivity index (χ1n) is 5.96. The van der Waals surface area contributed by atoms with E-state index in [1.807, 2.05) is 24.3 Å². The first-order valence-corrected chi connectivity index (χ1v) is 7.04. The highest BCUT2D eigenvalue weighted by molar-refractivity contribution is 14.1. The smallest absolute Gasteiger partial charge is 0.228 e. The summed E-state index contributed by atoms with van der Waals surface area (Å²) in [5, 5.41) is 2.77. The van der Waals surface area contributed by atoms with Crippen LogP contribution in [0.5, 0.6) is 5.75 Å². The highest BCUT2D eigenvalue weighted by Gasteiger charge is 2.08. The van der Waals surface area contributed by atoms with E-state index in [0.29, 0.717) is 5.56 Å². The van der Waals surface area contributed by atoms with E-state index in [2.05, 4.69) is 27.9 Å². The minimum atomic E-state index is -0.466. The molecule has 0 spiro atoms. The van der Waals surface area contributed by atoms with Gasteiger partial charge in [0.1, 0.15) is 0 Å². The standard InChI is InChI=1S/C15H13FINO2/c1-20-14-7-2-10(8-13(14)16)9-15(19)18-12-5-3-11(17)4-6-12/h2-8H,9H2,1H3,(H,18,19). The van der Waals surface area contributed by atoms with Crippen molar-refractivity contribution in [2.75, 3.05) is 12.4 Å². The van der Waals surface area contributed by atoms with Crippen LogP contribution in [0.2, 0.25) is 0 Å². The van der Waals surface area contributed by atoms with Crippen molar-refractivity contribution in [3.63, 3.8) is 0 Å². The lowest BCUT2D eigenvalue weighted by atomic mass is 10.1. The second-order valence-corrected chi connectivity index (χ2v) is 5.45. The van der Waals surface area contributed by atoms with Crippen molar-refractivity contribution in [3.8, 4) is 5.75 Å². The van der Waals surface area contributed by atoms with E-state index in [1.54, 1.807) is 6.07 Å². The predicted octanol–water partition coefficient (Wildman–Crippen LogP) is 3.62. The van der Waals surface area contributed by atoms with Gasteiger partial charge >= 0.3 is 0 Å². The van der Waals surface area contributed by atoms with Gasteiger partial charge in [0.2, 0.25) is 5.91 Å².